The van der Waals surface area contributed by atoms with Gasteiger partial charge in [-0.25, -0.2) is 0 Å². The van der Waals surface area contributed by atoms with Gasteiger partial charge in [-0.1, -0.05) is 36.9 Å². The molecule has 2 aromatic heterocycles. The van der Waals surface area contributed by atoms with Crippen molar-refractivity contribution >= 4 is 34.1 Å². The lowest BCUT2D eigenvalue weighted by Gasteiger charge is -2.16. The predicted molar refractivity (Wildman–Crippen MR) is 89.1 cm³/mol. The normalized spacial score (nSPS) is 12.4. The third-order valence-corrected chi connectivity index (χ3v) is 5.13. The summed E-state index contributed by atoms with van der Waals surface area (Å²) in [5, 5.41) is 14.9. The highest BCUT2D eigenvalue weighted by Gasteiger charge is 2.12. The van der Waals surface area contributed by atoms with Crippen LogP contribution in [0.3, 0.4) is 0 Å². The van der Waals surface area contributed by atoms with E-state index in [-0.39, 0.29) is 11.9 Å². The lowest BCUT2D eigenvalue weighted by molar-refractivity contribution is -0.119. The molecule has 0 aliphatic rings. The molecule has 0 radical (unpaired) electrons. The van der Waals surface area contributed by atoms with Crippen molar-refractivity contribution in [3.8, 4) is 0 Å². The second-order valence-corrected chi connectivity index (χ2v) is 7.39. The summed E-state index contributed by atoms with van der Waals surface area (Å²) in [4.78, 5) is 11.8. The summed E-state index contributed by atoms with van der Waals surface area (Å²) in [5.74, 6) is 1.63. The molecule has 120 valence electrons. The highest BCUT2D eigenvalue weighted by Crippen LogP contribution is 2.25. The van der Waals surface area contributed by atoms with Crippen molar-refractivity contribution in [2.24, 2.45) is 5.92 Å². The van der Waals surface area contributed by atoms with Gasteiger partial charge in [0.1, 0.15) is 5.76 Å². The first-order valence-electron chi connectivity index (χ1n) is 7.06. The molecule has 0 unspecified atom stereocenters. The lowest BCUT2D eigenvalue weighted by Crippen LogP contribution is -2.37. The van der Waals surface area contributed by atoms with Gasteiger partial charge < -0.3 is 15.1 Å². The van der Waals surface area contributed by atoms with E-state index in [9.17, 15) is 4.79 Å². The second kappa shape index (κ2) is 8.19. The number of rotatable bonds is 8. The van der Waals surface area contributed by atoms with E-state index in [1.807, 2.05) is 19.1 Å². The van der Waals surface area contributed by atoms with Gasteiger partial charge in [0, 0.05) is 6.04 Å². The first kappa shape index (κ1) is 16.8. The van der Waals surface area contributed by atoms with Crippen LogP contribution in [0.25, 0.3) is 0 Å². The number of amides is 1. The van der Waals surface area contributed by atoms with Crippen molar-refractivity contribution in [2.45, 2.75) is 37.7 Å². The first-order chi connectivity index (χ1) is 10.5. The van der Waals surface area contributed by atoms with Gasteiger partial charge in [-0.15, -0.1) is 10.2 Å². The van der Waals surface area contributed by atoms with Gasteiger partial charge in [0.2, 0.25) is 11.0 Å². The fourth-order valence-corrected chi connectivity index (χ4v) is 3.06. The van der Waals surface area contributed by atoms with Crippen LogP contribution >= 0.6 is 23.1 Å². The number of carbonyl (C=O) groups excluding carboxylic acids is 1. The molecule has 0 bridgehead atoms. The molecule has 0 spiro atoms. The first-order valence-corrected chi connectivity index (χ1v) is 8.86. The topological polar surface area (TPSA) is 80.0 Å². The van der Waals surface area contributed by atoms with Crippen molar-refractivity contribution in [3.05, 3.63) is 24.2 Å². The highest BCUT2D eigenvalue weighted by molar-refractivity contribution is 8.01. The summed E-state index contributed by atoms with van der Waals surface area (Å²) >= 11 is 2.83. The largest absolute Gasteiger partial charge is 0.467 e. The number of carbonyl (C=O) groups is 1. The van der Waals surface area contributed by atoms with Crippen molar-refractivity contribution in [1.29, 1.82) is 0 Å². The summed E-state index contributed by atoms with van der Waals surface area (Å²) in [5.41, 5.74) is 0. The van der Waals surface area contributed by atoms with Crippen LogP contribution in [0.2, 0.25) is 0 Å². The molecule has 6 nitrogen and oxygen atoms in total. The monoisotopic (exact) mass is 340 g/mol. The third kappa shape index (κ3) is 5.34. The zero-order chi connectivity index (χ0) is 15.9. The Hall–Kier alpha value is -1.54. The molecule has 2 N–H and O–H groups in total. The van der Waals surface area contributed by atoms with E-state index < -0.39 is 0 Å². The molecule has 0 aliphatic carbocycles. The summed E-state index contributed by atoms with van der Waals surface area (Å²) in [6.07, 6.45) is 1.63. The summed E-state index contributed by atoms with van der Waals surface area (Å²) in [6, 6.07) is 3.91. The van der Waals surface area contributed by atoms with Crippen LogP contribution in [0.4, 0.5) is 5.13 Å². The maximum atomic E-state index is 11.8. The van der Waals surface area contributed by atoms with Crippen LogP contribution in [0.1, 0.15) is 26.5 Å². The maximum absolute atomic E-state index is 11.8. The SMILES string of the molecule is CC(C)[C@H](C)NC(=O)CSc1nnc(NCc2ccco2)s1. The summed E-state index contributed by atoms with van der Waals surface area (Å²) in [6.45, 7) is 6.74. The van der Waals surface area contributed by atoms with Crippen molar-refractivity contribution in [3.63, 3.8) is 0 Å². The van der Waals surface area contributed by atoms with Crippen LogP contribution in [0, 0.1) is 5.92 Å². The van der Waals surface area contributed by atoms with E-state index in [0.29, 0.717) is 18.2 Å². The Labute approximate surface area is 138 Å². The number of anilines is 1. The van der Waals surface area contributed by atoms with Gasteiger partial charge in [-0.2, -0.15) is 0 Å². The Kier molecular flexibility index (Phi) is 6.26. The number of hydrogen-bond acceptors (Lipinski definition) is 7. The van der Waals surface area contributed by atoms with Gasteiger partial charge >= 0.3 is 0 Å². The van der Waals surface area contributed by atoms with Crippen LogP contribution in [0.15, 0.2) is 27.2 Å². The molecule has 2 rings (SSSR count). The number of aromatic nitrogens is 2. The average Bonchev–Trinajstić information content (AvgIpc) is 3.14. The van der Waals surface area contributed by atoms with E-state index in [1.165, 1.54) is 23.1 Å². The molecule has 0 saturated carbocycles. The van der Waals surface area contributed by atoms with Gasteiger partial charge in [-0.3, -0.25) is 4.79 Å². The number of thioether (sulfide) groups is 1. The van der Waals surface area contributed by atoms with Crippen molar-refractivity contribution in [1.82, 2.24) is 15.5 Å². The average molecular weight is 340 g/mol. The molecule has 0 aliphatic heterocycles. The summed E-state index contributed by atoms with van der Waals surface area (Å²) < 4.78 is 6.01. The quantitative estimate of drug-likeness (QED) is 0.719. The van der Waals surface area contributed by atoms with E-state index in [2.05, 4.69) is 34.7 Å². The van der Waals surface area contributed by atoms with E-state index in [1.54, 1.807) is 6.26 Å². The minimum Gasteiger partial charge on any atom is -0.467 e. The molecular weight excluding hydrogens is 320 g/mol. The standard InChI is InChI=1S/C14H20N4O2S2/c1-9(2)10(3)16-12(19)8-21-14-18-17-13(22-14)15-7-11-5-4-6-20-11/h4-6,9-10H,7-8H2,1-3H3,(H,15,17)(H,16,19)/t10-/m0/s1. The molecule has 1 atom stereocenters. The minimum absolute atomic E-state index is 0.0199. The number of nitrogens with zero attached hydrogens (tertiary/aromatic N) is 2. The van der Waals surface area contributed by atoms with Gasteiger partial charge in [0.25, 0.3) is 0 Å². The Morgan fingerprint density at radius 3 is 2.91 bits per heavy atom. The summed E-state index contributed by atoms with van der Waals surface area (Å²) in [7, 11) is 0. The van der Waals surface area contributed by atoms with Gasteiger partial charge in [-0.05, 0) is 25.0 Å². The Balaban J connectivity index is 1.73. The molecule has 22 heavy (non-hydrogen) atoms. The highest BCUT2D eigenvalue weighted by atomic mass is 32.2. The number of nitrogens with one attached hydrogen (secondary N) is 2. The smallest absolute Gasteiger partial charge is 0.230 e. The fourth-order valence-electron chi connectivity index (χ4n) is 1.50. The molecule has 2 heterocycles. The molecule has 1 amide bonds. The van der Waals surface area contributed by atoms with Crippen molar-refractivity contribution < 1.29 is 9.21 Å². The number of hydrogen-bond donors (Lipinski definition) is 2. The molecule has 0 fully saturated rings. The Bertz CT molecular complexity index is 583. The maximum Gasteiger partial charge on any atom is 0.230 e. The zero-order valence-electron chi connectivity index (χ0n) is 12.8. The van der Waals surface area contributed by atoms with E-state index >= 15 is 0 Å². The molecule has 0 aromatic carbocycles. The van der Waals surface area contributed by atoms with Crippen molar-refractivity contribution in [2.75, 3.05) is 11.1 Å². The molecule has 2 aromatic rings. The van der Waals surface area contributed by atoms with Crippen LogP contribution in [-0.4, -0.2) is 27.9 Å². The molecular formula is C14H20N4O2S2. The lowest BCUT2D eigenvalue weighted by atomic mass is 10.1. The predicted octanol–water partition coefficient (Wildman–Crippen LogP) is 3.00. The van der Waals surface area contributed by atoms with Gasteiger partial charge in [0.15, 0.2) is 4.34 Å². The van der Waals surface area contributed by atoms with Gasteiger partial charge in [0.05, 0.1) is 18.6 Å². The number of furan rings is 1. The minimum atomic E-state index is 0.0199. The van der Waals surface area contributed by atoms with E-state index in [4.69, 9.17) is 4.42 Å². The van der Waals surface area contributed by atoms with Crippen LogP contribution in [-0.2, 0) is 11.3 Å². The second-order valence-electron chi connectivity index (χ2n) is 5.19. The zero-order valence-corrected chi connectivity index (χ0v) is 14.5. The Morgan fingerprint density at radius 2 is 2.23 bits per heavy atom. The third-order valence-electron chi connectivity index (χ3n) is 3.12. The van der Waals surface area contributed by atoms with Crippen LogP contribution < -0.4 is 10.6 Å². The fraction of sp³-hybridized carbons (Fsp3) is 0.500. The van der Waals surface area contributed by atoms with Crippen LogP contribution in [0.5, 0.6) is 0 Å². The Morgan fingerprint density at radius 1 is 1.41 bits per heavy atom. The van der Waals surface area contributed by atoms with E-state index in [0.717, 1.165) is 15.2 Å². The molecule has 0 saturated heterocycles. The molecule has 8 heteroatoms.